The molecule has 0 bridgehead atoms. The molecule has 0 aromatic carbocycles. The van der Waals surface area contributed by atoms with Crippen molar-refractivity contribution in [3.8, 4) is 0 Å². The van der Waals surface area contributed by atoms with Crippen molar-refractivity contribution in [2.24, 2.45) is 0 Å². The lowest BCUT2D eigenvalue weighted by atomic mass is 10.2. The quantitative estimate of drug-likeness (QED) is 0.576. The Morgan fingerprint density at radius 1 is 1.83 bits per heavy atom. The molecule has 0 fully saturated rings. The molecule has 0 aromatic heterocycles. The number of rotatable bonds is 2. The second-order valence-electron chi connectivity index (χ2n) is 2.73. The Hall–Kier alpha value is -0.900. The maximum absolute atomic E-state index is 12.7. The van der Waals surface area contributed by atoms with E-state index in [2.05, 4.69) is 4.74 Å². The highest BCUT2D eigenvalue weighted by atomic mass is 19.1. The van der Waals surface area contributed by atoms with Crippen molar-refractivity contribution < 1.29 is 13.9 Å². The summed E-state index contributed by atoms with van der Waals surface area (Å²) in [6.07, 6.45) is 2.22. The third kappa shape index (κ3) is 2.62. The number of methoxy groups -OCH3 is 1. The van der Waals surface area contributed by atoms with Crippen LogP contribution in [0.25, 0.3) is 0 Å². The minimum Gasteiger partial charge on any atom is -0.468 e. The first-order valence-electron chi connectivity index (χ1n) is 3.86. The molecule has 3 nitrogen and oxygen atoms in total. The van der Waals surface area contributed by atoms with Gasteiger partial charge in [0.25, 0.3) is 0 Å². The summed E-state index contributed by atoms with van der Waals surface area (Å²) in [5.74, 6) is -0.477. The lowest BCUT2D eigenvalue weighted by Crippen LogP contribution is -2.34. The van der Waals surface area contributed by atoms with Crippen molar-refractivity contribution in [3.63, 3.8) is 0 Å². The summed E-state index contributed by atoms with van der Waals surface area (Å²) in [6, 6.07) is 0. The summed E-state index contributed by atoms with van der Waals surface area (Å²) in [5, 5.41) is 0. The van der Waals surface area contributed by atoms with Gasteiger partial charge in [0.1, 0.15) is 5.83 Å². The normalized spacial score (nSPS) is 18.7. The maximum Gasteiger partial charge on any atom is 0.319 e. The molecule has 1 heterocycles. The number of hydrogen-bond acceptors (Lipinski definition) is 3. The Morgan fingerprint density at radius 2 is 2.58 bits per heavy atom. The fraction of sp³-hybridized carbons (Fsp3) is 0.625. The number of ether oxygens (including phenoxy) is 1. The molecule has 1 aliphatic heterocycles. The van der Waals surface area contributed by atoms with E-state index in [0.29, 0.717) is 6.42 Å². The van der Waals surface area contributed by atoms with E-state index in [-0.39, 0.29) is 24.9 Å². The van der Waals surface area contributed by atoms with Crippen molar-refractivity contribution in [2.45, 2.75) is 6.42 Å². The number of carbonyl (C=O) groups excluding carboxylic acids is 1. The molecular weight excluding hydrogens is 161 g/mol. The summed E-state index contributed by atoms with van der Waals surface area (Å²) in [7, 11) is 1.33. The second-order valence-corrected chi connectivity index (χ2v) is 2.73. The maximum atomic E-state index is 12.7. The lowest BCUT2D eigenvalue weighted by molar-refractivity contribution is -0.141. The number of nitrogens with zero attached hydrogens (tertiary/aromatic N) is 1. The SMILES string of the molecule is COC(=O)CN1CCC=C(F)C1. The fourth-order valence-electron chi connectivity index (χ4n) is 1.14. The van der Waals surface area contributed by atoms with Crippen molar-refractivity contribution in [1.82, 2.24) is 4.90 Å². The summed E-state index contributed by atoms with van der Waals surface area (Å²) in [6.45, 7) is 1.13. The first kappa shape index (κ1) is 9.19. The van der Waals surface area contributed by atoms with Crippen LogP contribution in [0.15, 0.2) is 11.9 Å². The third-order valence-electron chi connectivity index (χ3n) is 1.77. The average molecular weight is 173 g/mol. The standard InChI is InChI=1S/C8H12FNO2/c1-12-8(11)6-10-4-2-3-7(9)5-10/h3H,2,4-6H2,1H3. The molecular formula is C8H12FNO2. The van der Waals surface area contributed by atoms with Gasteiger partial charge in [0.15, 0.2) is 0 Å². The largest absolute Gasteiger partial charge is 0.468 e. The molecule has 68 valence electrons. The van der Waals surface area contributed by atoms with Crippen LogP contribution >= 0.6 is 0 Å². The van der Waals surface area contributed by atoms with Crippen LogP contribution in [0.2, 0.25) is 0 Å². The second kappa shape index (κ2) is 4.21. The van der Waals surface area contributed by atoms with E-state index >= 15 is 0 Å². The molecule has 12 heavy (non-hydrogen) atoms. The van der Waals surface area contributed by atoms with E-state index in [1.54, 1.807) is 11.0 Å². The first-order valence-corrected chi connectivity index (χ1v) is 3.86. The van der Waals surface area contributed by atoms with Gasteiger partial charge in [-0.3, -0.25) is 9.69 Å². The zero-order valence-electron chi connectivity index (χ0n) is 7.05. The van der Waals surface area contributed by atoms with Crippen LogP contribution in [0, 0.1) is 0 Å². The molecule has 1 aliphatic rings. The Kier molecular flexibility index (Phi) is 3.22. The Morgan fingerprint density at radius 3 is 3.17 bits per heavy atom. The van der Waals surface area contributed by atoms with Crippen LogP contribution in [0.4, 0.5) is 4.39 Å². The van der Waals surface area contributed by atoms with Gasteiger partial charge in [0, 0.05) is 6.54 Å². The number of carbonyl (C=O) groups is 1. The van der Waals surface area contributed by atoms with Gasteiger partial charge in [-0.25, -0.2) is 4.39 Å². The van der Waals surface area contributed by atoms with Gasteiger partial charge in [-0.05, 0) is 6.42 Å². The topological polar surface area (TPSA) is 29.5 Å². The molecule has 0 saturated carbocycles. The van der Waals surface area contributed by atoms with Gasteiger partial charge in [0.05, 0.1) is 20.2 Å². The van der Waals surface area contributed by atoms with E-state index in [1.165, 1.54) is 7.11 Å². The molecule has 0 spiro atoms. The fourth-order valence-corrected chi connectivity index (χ4v) is 1.14. The molecule has 1 rings (SSSR count). The molecule has 0 atom stereocenters. The Balaban J connectivity index is 2.35. The van der Waals surface area contributed by atoms with E-state index in [9.17, 15) is 9.18 Å². The highest BCUT2D eigenvalue weighted by Crippen LogP contribution is 2.09. The lowest BCUT2D eigenvalue weighted by Gasteiger charge is -2.22. The van der Waals surface area contributed by atoms with Crippen molar-refractivity contribution in [2.75, 3.05) is 26.7 Å². The average Bonchev–Trinajstić information content (AvgIpc) is 2.04. The zero-order chi connectivity index (χ0) is 8.97. The van der Waals surface area contributed by atoms with E-state index in [0.717, 1.165) is 6.54 Å². The van der Waals surface area contributed by atoms with E-state index in [1.807, 2.05) is 0 Å². The van der Waals surface area contributed by atoms with Crippen LogP contribution in [0.3, 0.4) is 0 Å². The predicted molar refractivity (Wildman–Crippen MR) is 42.3 cm³/mol. The molecule has 0 aromatic rings. The molecule has 0 N–H and O–H groups in total. The highest BCUT2D eigenvalue weighted by Gasteiger charge is 2.15. The van der Waals surface area contributed by atoms with Gasteiger partial charge < -0.3 is 4.74 Å². The predicted octanol–water partition coefficient (Wildman–Crippen LogP) is 0.718. The monoisotopic (exact) mass is 173 g/mol. The van der Waals surface area contributed by atoms with Gasteiger partial charge in [-0.2, -0.15) is 0 Å². The summed E-state index contributed by atoms with van der Waals surface area (Å²) >= 11 is 0. The van der Waals surface area contributed by atoms with E-state index < -0.39 is 0 Å². The summed E-state index contributed by atoms with van der Waals surface area (Å²) < 4.78 is 17.1. The van der Waals surface area contributed by atoms with Crippen molar-refractivity contribution >= 4 is 5.97 Å². The highest BCUT2D eigenvalue weighted by molar-refractivity contribution is 5.71. The van der Waals surface area contributed by atoms with Crippen molar-refractivity contribution in [1.29, 1.82) is 0 Å². The van der Waals surface area contributed by atoms with Gasteiger partial charge in [-0.1, -0.05) is 6.08 Å². The van der Waals surface area contributed by atoms with Gasteiger partial charge in [0.2, 0.25) is 0 Å². The molecule has 4 heteroatoms. The molecule has 0 radical (unpaired) electrons. The number of halogens is 1. The third-order valence-corrected chi connectivity index (χ3v) is 1.77. The number of esters is 1. The molecule has 0 amide bonds. The Bertz CT molecular complexity index is 203. The zero-order valence-corrected chi connectivity index (χ0v) is 7.05. The van der Waals surface area contributed by atoms with Crippen LogP contribution in [-0.2, 0) is 9.53 Å². The van der Waals surface area contributed by atoms with Crippen LogP contribution in [0.1, 0.15) is 6.42 Å². The van der Waals surface area contributed by atoms with Crippen LogP contribution in [-0.4, -0.2) is 37.6 Å². The minimum atomic E-state index is -0.315. The van der Waals surface area contributed by atoms with Crippen LogP contribution < -0.4 is 0 Å². The van der Waals surface area contributed by atoms with Gasteiger partial charge in [-0.15, -0.1) is 0 Å². The molecule has 0 unspecified atom stereocenters. The Labute approximate surface area is 70.8 Å². The van der Waals surface area contributed by atoms with E-state index in [4.69, 9.17) is 0 Å². The minimum absolute atomic E-state index is 0.162. The smallest absolute Gasteiger partial charge is 0.319 e. The van der Waals surface area contributed by atoms with Crippen molar-refractivity contribution in [3.05, 3.63) is 11.9 Å². The molecule has 0 saturated heterocycles. The summed E-state index contributed by atoms with van der Waals surface area (Å²) in [5.41, 5.74) is 0. The first-order chi connectivity index (χ1) is 5.72. The molecule has 0 aliphatic carbocycles. The van der Waals surface area contributed by atoms with Crippen LogP contribution in [0.5, 0.6) is 0 Å². The summed E-state index contributed by atoms with van der Waals surface area (Å²) in [4.78, 5) is 12.5. The van der Waals surface area contributed by atoms with Gasteiger partial charge >= 0.3 is 5.97 Å². The number of hydrogen-bond donors (Lipinski definition) is 0.